The topological polar surface area (TPSA) is 76.5 Å². The van der Waals surface area contributed by atoms with Crippen molar-refractivity contribution in [3.05, 3.63) is 41.8 Å². The molecule has 1 fully saturated rings. The van der Waals surface area contributed by atoms with Crippen LogP contribution in [0.5, 0.6) is 5.75 Å². The van der Waals surface area contributed by atoms with Crippen molar-refractivity contribution < 1.29 is 18.7 Å². The maximum Gasteiger partial charge on any atom is 0.254 e. The number of hydrogen-bond donors (Lipinski definition) is 1. The van der Waals surface area contributed by atoms with E-state index >= 15 is 0 Å². The Morgan fingerprint density at radius 1 is 1.40 bits per heavy atom. The molecule has 0 unspecified atom stereocenters. The highest BCUT2D eigenvalue weighted by Crippen LogP contribution is 2.20. The molecule has 3 rings (SSSR count). The Balaban J connectivity index is 1.73. The van der Waals surface area contributed by atoms with Crippen LogP contribution >= 0.6 is 0 Å². The van der Waals surface area contributed by atoms with E-state index in [0.29, 0.717) is 24.5 Å². The Morgan fingerprint density at radius 3 is 2.84 bits per heavy atom. The summed E-state index contributed by atoms with van der Waals surface area (Å²) in [4.78, 5) is 26.5. The van der Waals surface area contributed by atoms with Crippen molar-refractivity contribution in [2.75, 3.05) is 18.6 Å². The van der Waals surface area contributed by atoms with Gasteiger partial charge in [-0.2, -0.15) is 5.10 Å². The molecule has 0 aliphatic carbocycles. The summed E-state index contributed by atoms with van der Waals surface area (Å²) >= 11 is 0. The van der Waals surface area contributed by atoms with Crippen LogP contribution in [-0.4, -0.2) is 41.3 Å². The number of rotatable bonds is 4. The Bertz CT molecular complexity index is 805. The van der Waals surface area contributed by atoms with Crippen LogP contribution in [0.4, 0.5) is 10.2 Å². The number of nitrogens with zero attached hydrogens (tertiary/aromatic N) is 3. The first-order valence-corrected chi connectivity index (χ1v) is 7.95. The van der Waals surface area contributed by atoms with E-state index in [2.05, 4.69) is 10.4 Å². The summed E-state index contributed by atoms with van der Waals surface area (Å²) in [5, 5.41) is 6.85. The van der Waals surface area contributed by atoms with E-state index in [1.54, 1.807) is 28.9 Å². The average Bonchev–Trinajstić information content (AvgIpc) is 3.02. The fourth-order valence-electron chi connectivity index (χ4n) is 2.83. The fraction of sp³-hybridized carbons (Fsp3) is 0.353. The molecule has 1 aliphatic rings. The number of amides is 2. The molecule has 8 heteroatoms. The lowest BCUT2D eigenvalue weighted by Gasteiger charge is -2.31. The van der Waals surface area contributed by atoms with Gasteiger partial charge in [0, 0.05) is 31.9 Å². The number of nitrogens with one attached hydrogen (secondary N) is 1. The monoisotopic (exact) mass is 346 g/mol. The Kier molecular flexibility index (Phi) is 4.69. The first-order chi connectivity index (χ1) is 12.0. The molecule has 1 aromatic carbocycles. The molecule has 0 radical (unpaired) electrons. The van der Waals surface area contributed by atoms with Crippen molar-refractivity contribution in [3.8, 4) is 5.75 Å². The average molecular weight is 346 g/mol. The zero-order valence-corrected chi connectivity index (χ0v) is 14.0. The predicted octanol–water partition coefficient (Wildman–Crippen LogP) is 1.49. The summed E-state index contributed by atoms with van der Waals surface area (Å²) in [6, 6.07) is 5.02. The van der Waals surface area contributed by atoms with Gasteiger partial charge in [0.15, 0.2) is 5.82 Å². The van der Waals surface area contributed by atoms with E-state index in [0.717, 1.165) is 12.5 Å². The van der Waals surface area contributed by atoms with Gasteiger partial charge in [-0.1, -0.05) is 0 Å². The fourth-order valence-corrected chi connectivity index (χ4v) is 2.83. The molecular formula is C17H19FN4O3. The van der Waals surface area contributed by atoms with E-state index < -0.39 is 17.8 Å². The van der Waals surface area contributed by atoms with Crippen LogP contribution < -0.4 is 15.0 Å². The lowest BCUT2D eigenvalue weighted by atomic mass is 10.0. The molecule has 1 N–H and O–H groups in total. The van der Waals surface area contributed by atoms with Gasteiger partial charge in [0.05, 0.1) is 12.7 Å². The van der Waals surface area contributed by atoms with Crippen molar-refractivity contribution in [1.29, 1.82) is 0 Å². The second kappa shape index (κ2) is 6.92. The third-order valence-electron chi connectivity index (χ3n) is 4.14. The van der Waals surface area contributed by atoms with Crippen LogP contribution in [-0.2, 0) is 11.8 Å². The molecule has 0 spiro atoms. The minimum atomic E-state index is -0.704. The number of methoxy groups -OCH3 is 1. The molecule has 0 bridgehead atoms. The zero-order valence-electron chi connectivity index (χ0n) is 14.0. The van der Waals surface area contributed by atoms with Crippen LogP contribution in [0.3, 0.4) is 0 Å². The predicted molar refractivity (Wildman–Crippen MR) is 89.0 cm³/mol. The van der Waals surface area contributed by atoms with E-state index in [-0.39, 0.29) is 11.5 Å². The molecule has 7 nitrogen and oxygen atoms in total. The van der Waals surface area contributed by atoms with Crippen LogP contribution in [0.25, 0.3) is 0 Å². The molecule has 25 heavy (non-hydrogen) atoms. The smallest absolute Gasteiger partial charge is 0.254 e. The number of anilines is 1. The highest BCUT2D eigenvalue weighted by Gasteiger charge is 2.32. The van der Waals surface area contributed by atoms with Gasteiger partial charge in [-0.15, -0.1) is 0 Å². The highest BCUT2D eigenvalue weighted by atomic mass is 19.1. The normalized spacial score (nSPS) is 17.5. The molecule has 1 aromatic heterocycles. The molecule has 1 atom stereocenters. The second-order valence-electron chi connectivity index (χ2n) is 5.85. The van der Waals surface area contributed by atoms with Crippen LogP contribution in [0.1, 0.15) is 23.2 Å². The van der Waals surface area contributed by atoms with Gasteiger partial charge >= 0.3 is 0 Å². The number of aromatic nitrogens is 2. The zero-order chi connectivity index (χ0) is 18.0. The molecular weight excluding hydrogens is 327 g/mol. The Morgan fingerprint density at radius 2 is 2.20 bits per heavy atom. The van der Waals surface area contributed by atoms with Gasteiger partial charge in [0.2, 0.25) is 0 Å². The van der Waals surface area contributed by atoms with Gasteiger partial charge < -0.3 is 10.1 Å². The minimum absolute atomic E-state index is 0.122. The number of carbonyl (C=O) groups excluding carboxylic acids is 2. The van der Waals surface area contributed by atoms with Gasteiger partial charge in [0.25, 0.3) is 11.8 Å². The third-order valence-corrected chi connectivity index (χ3v) is 4.14. The van der Waals surface area contributed by atoms with E-state index in [9.17, 15) is 14.0 Å². The number of piperidine rings is 1. The van der Waals surface area contributed by atoms with Crippen molar-refractivity contribution in [3.63, 3.8) is 0 Å². The van der Waals surface area contributed by atoms with E-state index in [1.807, 2.05) is 0 Å². The molecule has 132 valence electrons. The Labute approximate surface area is 144 Å². The molecule has 0 saturated carbocycles. The van der Waals surface area contributed by atoms with Crippen molar-refractivity contribution in [2.24, 2.45) is 7.05 Å². The van der Waals surface area contributed by atoms with E-state index in [1.165, 1.54) is 19.2 Å². The van der Waals surface area contributed by atoms with Crippen molar-refractivity contribution in [2.45, 2.75) is 18.9 Å². The van der Waals surface area contributed by atoms with Crippen LogP contribution in [0, 0.1) is 5.82 Å². The quantitative estimate of drug-likeness (QED) is 0.910. The number of benzene rings is 1. The summed E-state index contributed by atoms with van der Waals surface area (Å²) < 4.78 is 20.6. The number of carbonyl (C=O) groups is 2. The van der Waals surface area contributed by atoms with Crippen molar-refractivity contribution in [1.82, 2.24) is 15.1 Å². The molecule has 2 heterocycles. The summed E-state index contributed by atoms with van der Waals surface area (Å²) in [6.45, 7) is 0.541. The summed E-state index contributed by atoms with van der Waals surface area (Å²) in [5.41, 5.74) is -0.122. The lowest BCUT2D eigenvalue weighted by Crippen LogP contribution is -2.52. The summed E-state index contributed by atoms with van der Waals surface area (Å²) in [5.74, 6) is -0.693. The number of hydrogen-bond acceptors (Lipinski definition) is 4. The summed E-state index contributed by atoms with van der Waals surface area (Å²) in [6.07, 6.45) is 2.97. The minimum Gasteiger partial charge on any atom is -0.497 e. The van der Waals surface area contributed by atoms with Gasteiger partial charge in [-0.3, -0.25) is 19.2 Å². The van der Waals surface area contributed by atoms with Crippen LogP contribution in [0.15, 0.2) is 30.5 Å². The molecule has 1 aliphatic heterocycles. The van der Waals surface area contributed by atoms with Gasteiger partial charge in [-0.25, -0.2) is 4.39 Å². The largest absolute Gasteiger partial charge is 0.497 e. The number of halogens is 1. The lowest BCUT2D eigenvalue weighted by molar-refractivity contribution is -0.121. The van der Waals surface area contributed by atoms with Crippen LogP contribution in [0.2, 0.25) is 0 Å². The molecule has 2 aromatic rings. The Hall–Kier alpha value is -2.90. The standard InChI is InChI=1S/C17H19FN4O3/c1-21-9-7-15(20-21)22-8-3-4-14(17(22)24)19-16(23)12-6-5-11(25-2)10-13(12)18/h5-7,9-10,14H,3-4,8H2,1-2H3,(H,19,23)/t14-/m1/s1. The number of aryl methyl sites for hydroxylation is 1. The second-order valence-corrected chi connectivity index (χ2v) is 5.85. The maximum absolute atomic E-state index is 14.0. The van der Waals surface area contributed by atoms with Crippen molar-refractivity contribution >= 4 is 17.6 Å². The van der Waals surface area contributed by atoms with Gasteiger partial charge in [0.1, 0.15) is 17.6 Å². The highest BCUT2D eigenvalue weighted by molar-refractivity contribution is 6.02. The number of ether oxygens (including phenoxy) is 1. The summed E-state index contributed by atoms with van der Waals surface area (Å²) in [7, 11) is 3.19. The molecule has 1 saturated heterocycles. The van der Waals surface area contributed by atoms with E-state index in [4.69, 9.17) is 4.74 Å². The first kappa shape index (κ1) is 16.9. The van der Waals surface area contributed by atoms with Gasteiger partial charge in [-0.05, 0) is 25.0 Å². The SMILES string of the molecule is COc1ccc(C(=O)N[C@@H]2CCCN(c3ccn(C)n3)C2=O)c(F)c1. The molecule has 2 amide bonds. The first-order valence-electron chi connectivity index (χ1n) is 7.95. The maximum atomic E-state index is 14.0. The third kappa shape index (κ3) is 3.47.